The van der Waals surface area contributed by atoms with Crippen molar-refractivity contribution in [1.82, 2.24) is 14.9 Å². The van der Waals surface area contributed by atoms with Crippen LogP contribution in [-0.2, 0) is 13.0 Å². The lowest BCUT2D eigenvalue weighted by molar-refractivity contribution is 0.381. The van der Waals surface area contributed by atoms with Gasteiger partial charge in [0.15, 0.2) is 0 Å². The maximum Gasteiger partial charge on any atom is 0.328 e. The van der Waals surface area contributed by atoms with Gasteiger partial charge in [-0.25, -0.2) is 4.79 Å². The maximum absolute atomic E-state index is 12.6. The molecular weight excluding hydrogens is 362 g/mol. The van der Waals surface area contributed by atoms with Crippen LogP contribution in [0, 0.1) is 5.92 Å². The van der Waals surface area contributed by atoms with Crippen molar-refractivity contribution in [1.29, 1.82) is 0 Å². The second-order valence-electron chi connectivity index (χ2n) is 7.52. The Labute approximate surface area is 159 Å². The van der Waals surface area contributed by atoms with Crippen LogP contribution in [0.1, 0.15) is 29.9 Å². The van der Waals surface area contributed by atoms with E-state index in [1.807, 2.05) is 11.4 Å². The molecule has 1 aliphatic heterocycles. The molecule has 6 nitrogen and oxygen atoms in total. The molecule has 0 radical (unpaired) electrons. The summed E-state index contributed by atoms with van der Waals surface area (Å²) in [7, 11) is 0. The fourth-order valence-corrected chi connectivity index (χ4v) is 5.66. The van der Waals surface area contributed by atoms with Crippen molar-refractivity contribution in [2.24, 2.45) is 5.92 Å². The van der Waals surface area contributed by atoms with Gasteiger partial charge in [-0.2, -0.15) is 0 Å². The molecule has 2 aromatic heterocycles. The number of hydrogen-bond donors (Lipinski definition) is 3. The van der Waals surface area contributed by atoms with Crippen molar-refractivity contribution in [2.45, 2.75) is 37.8 Å². The number of fused-ring (bicyclic) bond motifs is 4. The highest BCUT2D eigenvalue weighted by atomic mass is 32.1. The summed E-state index contributed by atoms with van der Waals surface area (Å²) in [5.74, 6) is 1.24. The lowest BCUT2D eigenvalue weighted by Gasteiger charge is -2.31. The van der Waals surface area contributed by atoms with E-state index in [1.54, 1.807) is 12.1 Å². The molecule has 1 aliphatic carbocycles. The van der Waals surface area contributed by atoms with E-state index in [1.165, 1.54) is 21.5 Å². The monoisotopic (exact) mass is 383 g/mol. The molecule has 0 saturated carbocycles. The number of rotatable bonds is 3. The van der Waals surface area contributed by atoms with Gasteiger partial charge in [-0.1, -0.05) is 12.1 Å². The first-order valence-electron chi connectivity index (χ1n) is 9.38. The SMILES string of the molecule is O=c1[nH]c2ccsc2c(=O)n1CCC1NCC2CCc3c(O)cccc3C21. The van der Waals surface area contributed by atoms with Gasteiger partial charge in [-0.05, 0) is 60.4 Å². The van der Waals surface area contributed by atoms with Crippen LogP contribution in [0.25, 0.3) is 10.2 Å². The highest BCUT2D eigenvalue weighted by molar-refractivity contribution is 7.17. The molecule has 27 heavy (non-hydrogen) atoms. The Morgan fingerprint density at radius 2 is 2.15 bits per heavy atom. The largest absolute Gasteiger partial charge is 0.508 e. The summed E-state index contributed by atoms with van der Waals surface area (Å²) in [4.78, 5) is 27.8. The van der Waals surface area contributed by atoms with Gasteiger partial charge in [0.1, 0.15) is 10.4 Å². The average molecular weight is 383 g/mol. The number of phenols is 1. The predicted octanol–water partition coefficient (Wildman–Crippen LogP) is 2.17. The first-order chi connectivity index (χ1) is 13.1. The molecule has 2 aliphatic rings. The third-order valence-electron chi connectivity index (χ3n) is 6.15. The van der Waals surface area contributed by atoms with Gasteiger partial charge < -0.3 is 15.4 Å². The van der Waals surface area contributed by atoms with Crippen molar-refractivity contribution < 1.29 is 5.11 Å². The van der Waals surface area contributed by atoms with Crippen molar-refractivity contribution in [2.75, 3.05) is 6.54 Å². The average Bonchev–Trinajstić information content (AvgIpc) is 3.29. The number of aromatic nitrogens is 2. The quantitative estimate of drug-likeness (QED) is 0.647. The van der Waals surface area contributed by atoms with E-state index in [9.17, 15) is 14.7 Å². The molecule has 0 bridgehead atoms. The summed E-state index contributed by atoms with van der Waals surface area (Å²) >= 11 is 1.36. The Morgan fingerprint density at radius 3 is 3.04 bits per heavy atom. The molecule has 1 saturated heterocycles. The van der Waals surface area contributed by atoms with Gasteiger partial charge >= 0.3 is 5.69 Å². The van der Waals surface area contributed by atoms with Crippen LogP contribution in [0.5, 0.6) is 5.75 Å². The van der Waals surface area contributed by atoms with Crippen LogP contribution in [-0.4, -0.2) is 27.2 Å². The topological polar surface area (TPSA) is 87.1 Å². The zero-order valence-corrected chi connectivity index (χ0v) is 15.6. The molecule has 1 aromatic carbocycles. The molecule has 3 atom stereocenters. The summed E-state index contributed by atoms with van der Waals surface area (Å²) in [6.07, 6.45) is 2.67. The minimum absolute atomic E-state index is 0.196. The summed E-state index contributed by atoms with van der Waals surface area (Å²) < 4.78 is 1.92. The fourth-order valence-electron chi connectivity index (χ4n) is 4.87. The van der Waals surface area contributed by atoms with Gasteiger partial charge in [0, 0.05) is 18.5 Å². The molecule has 0 spiro atoms. The number of hydrogen-bond acceptors (Lipinski definition) is 5. The van der Waals surface area contributed by atoms with Crippen LogP contribution < -0.4 is 16.6 Å². The molecule has 3 heterocycles. The number of H-pyrrole nitrogens is 1. The normalized spacial score (nSPS) is 24.1. The summed E-state index contributed by atoms with van der Waals surface area (Å²) in [5, 5.41) is 15.6. The molecule has 0 amide bonds. The number of benzene rings is 1. The van der Waals surface area contributed by atoms with Crippen LogP contribution in [0.2, 0.25) is 0 Å². The molecule has 140 valence electrons. The first-order valence-corrected chi connectivity index (χ1v) is 10.3. The Hall–Kier alpha value is -2.38. The predicted molar refractivity (Wildman–Crippen MR) is 106 cm³/mol. The van der Waals surface area contributed by atoms with Crippen LogP contribution in [0.15, 0.2) is 39.2 Å². The molecule has 3 unspecified atom stereocenters. The van der Waals surface area contributed by atoms with Crippen molar-refractivity contribution in [3.8, 4) is 5.75 Å². The highest BCUT2D eigenvalue weighted by Crippen LogP contribution is 2.44. The number of thiophene rings is 1. The number of phenolic OH excluding ortho intramolecular Hbond substituents is 1. The van der Waals surface area contributed by atoms with Gasteiger partial charge in [0.05, 0.1) is 5.52 Å². The van der Waals surface area contributed by atoms with E-state index in [0.717, 1.165) is 24.9 Å². The van der Waals surface area contributed by atoms with Gasteiger partial charge in [0.25, 0.3) is 5.56 Å². The third-order valence-corrected chi connectivity index (χ3v) is 7.05. The van der Waals surface area contributed by atoms with E-state index in [4.69, 9.17) is 0 Å². The summed E-state index contributed by atoms with van der Waals surface area (Å²) in [5.41, 5.74) is 2.34. The van der Waals surface area contributed by atoms with Gasteiger partial charge in [0.2, 0.25) is 0 Å². The smallest absolute Gasteiger partial charge is 0.328 e. The molecule has 5 rings (SSSR count). The first kappa shape index (κ1) is 16.8. The van der Waals surface area contributed by atoms with Crippen molar-refractivity contribution in [3.63, 3.8) is 0 Å². The zero-order valence-electron chi connectivity index (χ0n) is 14.8. The number of aromatic amines is 1. The maximum atomic E-state index is 12.6. The van der Waals surface area contributed by atoms with Crippen LogP contribution in [0.4, 0.5) is 0 Å². The van der Waals surface area contributed by atoms with E-state index >= 15 is 0 Å². The third kappa shape index (κ3) is 2.64. The molecule has 3 aromatic rings. The minimum Gasteiger partial charge on any atom is -0.508 e. The Balaban J connectivity index is 1.44. The summed E-state index contributed by atoms with van der Waals surface area (Å²) in [6, 6.07) is 7.74. The van der Waals surface area contributed by atoms with Gasteiger partial charge in [-0.15, -0.1) is 11.3 Å². The highest BCUT2D eigenvalue weighted by Gasteiger charge is 2.40. The molecule has 7 heteroatoms. The Morgan fingerprint density at radius 1 is 1.26 bits per heavy atom. The van der Waals surface area contributed by atoms with E-state index < -0.39 is 0 Å². The number of nitrogens with one attached hydrogen (secondary N) is 2. The lowest BCUT2D eigenvalue weighted by Crippen LogP contribution is -2.37. The zero-order chi connectivity index (χ0) is 18.5. The Kier molecular flexibility index (Phi) is 3.94. The molecular formula is C20H21N3O3S. The van der Waals surface area contributed by atoms with E-state index in [-0.39, 0.29) is 17.3 Å². The van der Waals surface area contributed by atoms with Crippen LogP contribution >= 0.6 is 11.3 Å². The van der Waals surface area contributed by atoms with Crippen molar-refractivity contribution in [3.05, 3.63) is 61.6 Å². The van der Waals surface area contributed by atoms with Crippen molar-refractivity contribution >= 4 is 21.6 Å². The standard InChI is InChI=1S/C20H21N3O3S/c24-16-3-1-2-13-12(16)5-4-11-10-21-14(17(11)13)6-8-23-19(25)18-15(7-9-27-18)22-20(23)26/h1-3,7,9,11,14,17,21,24H,4-6,8,10H2,(H,22,26). The summed E-state index contributed by atoms with van der Waals surface area (Å²) in [6.45, 7) is 1.33. The minimum atomic E-state index is -0.345. The van der Waals surface area contributed by atoms with Crippen LogP contribution in [0.3, 0.4) is 0 Å². The molecule has 1 fully saturated rings. The van der Waals surface area contributed by atoms with E-state index in [0.29, 0.717) is 40.8 Å². The number of aromatic hydroxyl groups is 1. The number of nitrogens with zero attached hydrogens (tertiary/aromatic N) is 1. The Bertz CT molecular complexity index is 1130. The molecule has 3 N–H and O–H groups in total. The second-order valence-corrected chi connectivity index (χ2v) is 8.44. The van der Waals surface area contributed by atoms with Gasteiger partial charge in [-0.3, -0.25) is 9.36 Å². The lowest BCUT2D eigenvalue weighted by atomic mass is 9.73. The fraction of sp³-hybridized carbons (Fsp3) is 0.400. The second kappa shape index (κ2) is 6.35. The van der Waals surface area contributed by atoms with E-state index in [2.05, 4.69) is 16.4 Å².